The van der Waals surface area contributed by atoms with E-state index in [1.165, 1.54) is 5.69 Å². The molecule has 0 saturated carbocycles. The van der Waals surface area contributed by atoms with E-state index in [0.29, 0.717) is 17.2 Å². The molecule has 0 bridgehead atoms. The van der Waals surface area contributed by atoms with E-state index in [-0.39, 0.29) is 5.91 Å². The molecular formula is C21H21N5O. The molecule has 1 aliphatic heterocycles. The third-order valence-corrected chi connectivity index (χ3v) is 4.62. The van der Waals surface area contributed by atoms with Gasteiger partial charge in [0.15, 0.2) is 0 Å². The maximum absolute atomic E-state index is 12.2. The second-order valence-corrected chi connectivity index (χ2v) is 6.40. The number of carbonyl (C=O) groups excluding carboxylic acids is 1. The van der Waals surface area contributed by atoms with Crippen LogP contribution in [0.5, 0.6) is 0 Å². The predicted molar refractivity (Wildman–Crippen MR) is 107 cm³/mol. The van der Waals surface area contributed by atoms with Gasteiger partial charge in [-0.3, -0.25) is 4.79 Å². The van der Waals surface area contributed by atoms with Crippen molar-refractivity contribution in [3.8, 4) is 0 Å². The number of nitrogens with zero attached hydrogens (tertiary/aromatic N) is 4. The molecule has 6 heteroatoms. The SMILES string of the molecule is O=C(Nc1cnc(N2CCN(c3ccccc3)CC2)nc1)c1ccccc1. The molecule has 6 nitrogen and oxygen atoms in total. The molecule has 0 aliphatic carbocycles. The third kappa shape index (κ3) is 4.06. The van der Waals surface area contributed by atoms with E-state index >= 15 is 0 Å². The summed E-state index contributed by atoms with van der Waals surface area (Å²) in [5.41, 5.74) is 2.45. The molecule has 3 aromatic rings. The molecule has 1 aromatic heterocycles. The van der Waals surface area contributed by atoms with Crippen molar-refractivity contribution in [2.24, 2.45) is 0 Å². The number of amides is 1. The smallest absolute Gasteiger partial charge is 0.255 e. The van der Waals surface area contributed by atoms with Crippen LogP contribution in [0.25, 0.3) is 0 Å². The predicted octanol–water partition coefficient (Wildman–Crippen LogP) is 3.06. The summed E-state index contributed by atoms with van der Waals surface area (Å²) in [6.45, 7) is 3.59. The zero-order chi connectivity index (χ0) is 18.5. The van der Waals surface area contributed by atoms with Crippen molar-refractivity contribution in [2.75, 3.05) is 41.3 Å². The summed E-state index contributed by atoms with van der Waals surface area (Å²) < 4.78 is 0. The Morgan fingerprint density at radius 1 is 0.778 bits per heavy atom. The fraction of sp³-hybridized carbons (Fsp3) is 0.190. The summed E-state index contributed by atoms with van der Waals surface area (Å²) in [5.74, 6) is 0.531. The lowest BCUT2D eigenvalue weighted by Gasteiger charge is -2.36. The van der Waals surface area contributed by atoms with Crippen molar-refractivity contribution < 1.29 is 4.79 Å². The topological polar surface area (TPSA) is 61.4 Å². The maximum atomic E-state index is 12.2. The van der Waals surface area contributed by atoms with Crippen molar-refractivity contribution in [3.63, 3.8) is 0 Å². The second-order valence-electron chi connectivity index (χ2n) is 6.40. The monoisotopic (exact) mass is 359 g/mol. The van der Waals surface area contributed by atoms with E-state index in [1.807, 2.05) is 24.3 Å². The van der Waals surface area contributed by atoms with Crippen LogP contribution in [0.15, 0.2) is 73.1 Å². The number of carbonyl (C=O) groups is 1. The highest BCUT2D eigenvalue weighted by Crippen LogP contribution is 2.18. The van der Waals surface area contributed by atoms with Crippen molar-refractivity contribution in [1.29, 1.82) is 0 Å². The van der Waals surface area contributed by atoms with Gasteiger partial charge in [0.05, 0.1) is 18.1 Å². The van der Waals surface area contributed by atoms with Crippen LogP contribution >= 0.6 is 0 Å². The quantitative estimate of drug-likeness (QED) is 0.776. The molecule has 0 spiro atoms. The summed E-state index contributed by atoms with van der Waals surface area (Å²) in [4.78, 5) is 25.6. The number of benzene rings is 2. The standard InChI is InChI=1S/C21H21N5O/c27-20(17-7-3-1-4-8-17)24-18-15-22-21(23-16-18)26-13-11-25(12-14-26)19-9-5-2-6-10-19/h1-10,15-16H,11-14H2,(H,24,27). The van der Waals surface area contributed by atoms with Crippen molar-refractivity contribution in [1.82, 2.24) is 9.97 Å². The van der Waals surface area contributed by atoms with Crippen LogP contribution in [0.4, 0.5) is 17.3 Å². The van der Waals surface area contributed by atoms with E-state index in [4.69, 9.17) is 0 Å². The van der Waals surface area contributed by atoms with E-state index < -0.39 is 0 Å². The largest absolute Gasteiger partial charge is 0.368 e. The van der Waals surface area contributed by atoms with Crippen LogP contribution < -0.4 is 15.1 Å². The first kappa shape index (κ1) is 17.0. The summed E-state index contributed by atoms with van der Waals surface area (Å²) in [6, 6.07) is 19.5. The Morgan fingerprint density at radius 3 is 1.96 bits per heavy atom. The molecule has 27 heavy (non-hydrogen) atoms. The molecule has 136 valence electrons. The van der Waals surface area contributed by atoms with Crippen molar-refractivity contribution in [2.45, 2.75) is 0 Å². The Labute approximate surface area is 158 Å². The lowest BCUT2D eigenvalue weighted by molar-refractivity contribution is 0.102. The molecule has 0 radical (unpaired) electrons. The summed E-state index contributed by atoms with van der Waals surface area (Å²) in [5, 5.41) is 2.83. The van der Waals surface area contributed by atoms with Crippen LogP contribution in [0, 0.1) is 0 Å². The fourth-order valence-electron chi connectivity index (χ4n) is 3.15. The number of piperazine rings is 1. The van der Waals surface area contributed by atoms with Crippen LogP contribution in [0.2, 0.25) is 0 Å². The highest BCUT2D eigenvalue weighted by molar-refractivity contribution is 6.04. The van der Waals surface area contributed by atoms with E-state index in [0.717, 1.165) is 26.2 Å². The van der Waals surface area contributed by atoms with Gasteiger partial charge in [-0.05, 0) is 24.3 Å². The first-order valence-corrected chi connectivity index (χ1v) is 9.03. The molecule has 1 amide bonds. The van der Waals surface area contributed by atoms with Gasteiger partial charge in [-0.1, -0.05) is 36.4 Å². The molecule has 1 fully saturated rings. The molecule has 1 N–H and O–H groups in total. The van der Waals surface area contributed by atoms with Gasteiger partial charge in [-0.25, -0.2) is 9.97 Å². The number of para-hydroxylation sites is 1. The van der Waals surface area contributed by atoms with E-state index in [1.54, 1.807) is 24.5 Å². The van der Waals surface area contributed by atoms with Crippen LogP contribution in [0.1, 0.15) is 10.4 Å². The third-order valence-electron chi connectivity index (χ3n) is 4.62. The minimum Gasteiger partial charge on any atom is -0.368 e. The molecule has 1 saturated heterocycles. The van der Waals surface area contributed by atoms with Gasteiger partial charge in [-0.2, -0.15) is 0 Å². The molecule has 2 heterocycles. The lowest BCUT2D eigenvalue weighted by atomic mass is 10.2. The van der Waals surface area contributed by atoms with Crippen molar-refractivity contribution in [3.05, 3.63) is 78.6 Å². The normalized spacial score (nSPS) is 14.1. The fourth-order valence-corrected chi connectivity index (χ4v) is 3.15. The molecule has 2 aromatic carbocycles. The zero-order valence-electron chi connectivity index (χ0n) is 15.0. The number of aromatic nitrogens is 2. The van der Waals surface area contributed by atoms with E-state index in [2.05, 4.69) is 49.4 Å². The van der Waals surface area contributed by atoms with Gasteiger partial charge in [0.1, 0.15) is 0 Å². The highest BCUT2D eigenvalue weighted by atomic mass is 16.1. The summed E-state index contributed by atoms with van der Waals surface area (Å²) >= 11 is 0. The molecule has 0 atom stereocenters. The van der Waals surface area contributed by atoms with Gasteiger partial charge in [-0.15, -0.1) is 0 Å². The number of hydrogen-bond acceptors (Lipinski definition) is 5. The van der Waals surface area contributed by atoms with Crippen molar-refractivity contribution >= 4 is 23.2 Å². The Kier molecular flexibility index (Phi) is 4.96. The molecule has 0 unspecified atom stereocenters. The Bertz CT molecular complexity index is 875. The van der Waals surface area contributed by atoms with Gasteiger partial charge in [0, 0.05) is 37.4 Å². The minimum atomic E-state index is -0.163. The summed E-state index contributed by atoms with van der Waals surface area (Å²) in [7, 11) is 0. The first-order valence-electron chi connectivity index (χ1n) is 9.03. The first-order chi connectivity index (χ1) is 13.3. The highest BCUT2D eigenvalue weighted by Gasteiger charge is 2.19. The molecular weight excluding hydrogens is 338 g/mol. The molecule has 4 rings (SSSR count). The van der Waals surface area contributed by atoms with Gasteiger partial charge >= 0.3 is 0 Å². The number of nitrogens with one attached hydrogen (secondary N) is 1. The number of hydrogen-bond donors (Lipinski definition) is 1. The average molecular weight is 359 g/mol. The zero-order valence-corrected chi connectivity index (χ0v) is 15.0. The maximum Gasteiger partial charge on any atom is 0.255 e. The lowest BCUT2D eigenvalue weighted by Crippen LogP contribution is -2.47. The van der Waals surface area contributed by atoms with Gasteiger partial charge in [0.2, 0.25) is 5.95 Å². The Morgan fingerprint density at radius 2 is 1.33 bits per heavy atom. The van der Waals surface area contributed by atoms with Gasteiger partial charge < -0.3 is 15.1 Å². The van der Waals surface area contributed by atoms with Crippen LogP contribution in [0.3, 0.4) is 0 Å². The average Bonchev–Trinajstić information content (AvgIpc) is 2.76. The Hall–Kier alpha value is -3.41. The van der Waals surface area contributed by atoms with Gasteiger partial charge in [0.25, 0.3) is 5.91 Å². The number of rotatable bonds is 4. The second kappa shape index (κ2) is 7.86. The van der Waals surface area contributed by atoms with Crippen LogP contribution in [-0.4, -0.2) is 42.1 Å². The van der Waals surface area contributed by atoms with E-state index in [9.17, 15) is 4.79 Å². The Balaban J connectivity index is 1.35. The number of anilines is 3. The molecule has 1 aliphatic rings. The van der Waals surface area contributed by atoms with Crippen LogP contribution in [-0.2, 0) is 0 Å². The minimum absolute atomic E-state index is 0.163. The summed E-state index contributed by atoms with van der Waals surface area (Å²) in [6.07, 6.45) is 3.32.